The van der Waals surface area contributed by atoms with Gasteiger partial charge in [0.15, 0.2) is 0 Å². The fraction of sp³-hybridized carbons (Fsp3) is 0.667. The van der Waals surface area contributed by atoms with Crippen molar-refractivity contribution in [2.75, 3.05) is 0 Å². The van der Waals surface area contributed by atoms with Crippen molar-refractivity contribution in [3.05, 3.63) is 17.7 Å². The second kappa shape index (κ2) is 4.87. The fourth-order valence-corrected chi connectivity index (χ4v) is 2.53. The van der Waals surface area contributed by atoms with Crippen LogP contribution in [0.2, 0.25) is 0 Å². The van der Waals surface area contributed by atoms with Crippen molar-refractivity contribution in [1.29, 1.82) is 0 Å². The molecule has 0 aliphatic heterocycles. The molecule has 1 saturated carbocycles. The number of carboxylic acids is 1. The molecule has 1 aliphatic rings. The Kier molecular flexibility index (Phi) is 3.47. The minimum absolute atomic E-state index is 0.339. The summed E-state index contributed by atoms with van der Waals surface area (Å²) in [6, 6.07) is -0.846. The van der Waals surface area contributed by atoms with Crippen molar-refractivity contribution in [2.45, 2.75) is 44.1 Å². The molecule has 94 valence electrons. The van der Waals surface area contributed by atoms with Crippen LogP contribution >= 0.6 is 0 Å². The Balaban J connectivity index is 2.12. The molecule has 1 atom stereocenters. The lowest BCUT2D eigenvalue weighted by atomic mass is 10.1. The lowest BCUT2D eigenvalue weighted by molar-refractivity contribution is -0.138. The summed E-state index contributed by atoms with van der Waals surface area (Å²) in [6.45, 7) is 0. The topological polar surface area (TPSA) is 81.1 Å². The third-order valence-electron chi connectivity index (χ3n) is 3.59. The molecule has 0 radical (unpaired) electrons. The van der Waals surface area contributed by atoms with Gasteiger partial charge in [-0.3, -0.25) is 4.79 Å². The highest BCUT2D eigenvalue weighted by atomic mass is 16.4. The zero-order valence-electron chi connectivity index (χ0n) is 10.1. The van der Waals surface area contributed by atoms with Gasteiger partial charge in [0.25, 0.3) is 0 Å². The first kappa shape index (κ1) is 12.1. The molecule has 0 aromatic carbocycles. The number of nitrogens with zero attached hydrogens (tertiary/aromatic N) is 2. The molecule has 0 bridgehead atoms. The maximum atomic E-state index is 10.7. The third-order valence-corrected chi connectivity index (χ3v) is 3.59. The minimum atomic E-state index is -0.964. The molecule has 1 aliphatic carbocycles. The Morgan fingerprint density at radius 2 is 2.29 bits per heavy atom. The van der Waals surface area contributed by atoms with E-state index in [1.54, 1.807) is 6.20 Å². The van der Waals surface area contributed by atoms with E-state index in [1.165, 1.54) is 25.7 Å². The summed E-state index contributed by atoms with van der Waals surface area (Å²) in [7, 11) is 1.95. The number of hydrogen-bond donors (Lipinski definition) is 2. The van der Waals surface area contributed by atoms with Crippen molar-refractivity contribution < 1.29 is 9.90 Å². The molecule has 5 nitrogen and oxygen atoms in total. The predicted octanol–water partition coefficient (Wildman–Crippen LogP) is 1.03. The van der Waals surface area contributed by atoms with E-state index >= 15 is 0 Å². The number of nitrogens with two attached hydrogens (primary N) is 1. The van der Waals surface area contributed by atoms with Crippen molar-refractivity contribution >= 4 is 5.97 Å². The van der Waals surface area contributed by atoms with Gasteiger partial charge in [0.05, 0.1) is 0 Å². The Bertz CT molecular complexity index is 408. The Hall–Kier alpha value is -1.36. The summed E-state index contributed by atoms with van der Waals surface area (Å²) in [5.74, 6) is 0.651. The quantitative estimate of drug-likeness (QED) is 0.819. The Labute approximate surface area is 101 Å². The molecule has 1 aromatic rings. The van der Waals surface area contributed by atoms with E-state index in [0.29, 0.717) is 12.3 Å². The highest BCUT2D eigenvalue weighted by molar-refractivity contribution is 5.73. The van der Waals surface area contributed by atoms with Gasteiger partial charge in [-0.15, -0.1) is 0 Å². The number of carbonyl (C=O) groups is 1. The van der Waals surface area contributed by atoms with Crippen molar-refractivity contribution in [3.63, 3.8) is 0 Å². The van der Waals surface area contributed by atoms with Crippen LogP contribution < -0.4 is 5.73 Å². The maximum absolute atomic E-state index is 10.7. The standard InChI is InChI=1S/C12H19N3O2/c1-15-9(6-10(13)12(16)17)7-14-11(15)8-4-2-3-5-8/h7-8,10H,2-6,13H2,1H3,(H,16,17)/t10-/m0/s1. The van der Waals surface area contributed by atoms with Crippen LogP contribution in [-0.4, -0.2) is 26.7 Å². The molecule has 0 saturated heterocycles. The van der Waals surface area contributed by atoms with Gasteiger partial charge in [-0.05, 0) is 12.8 Å². The Morgan fingerprint density at radius 1 is 1.65 bits per heavy atom. The maximum Gasteiger partial charge on any atom is 0.320 e. The number of aliphatic carboxylic acids is 1. The molecule has 5 heteroatoms. The van der Waals surface area contributed by atoms with Gasteiger partial charge in [-0.2, -0.15) is 0 Å². The summed E-state index contributed by atoms with van der Waals surface area (Å²) < 4.78 is 2.01. The van der Waals surface area contributed by atoms with E-state index in [0.717, 1.165) is 11.5 Å². The monoisotopic (exact) mass is 237 g/mol. The van der Waals surface area contributed by atoms with Gasteiger partial charge < -0.3 is 15.4 Å². The van der Waals surface area contributed by atoms with E-state index in [1.807, 2.05) is 11.6 Å². The highest BCUT2D eigenvalue weighted by Crippen LogP contribution is 2.33. The molecule has 3 N–H and O–H groups in total. The van der Waals surface area contributed by atoms with Gasteiger partial charge in [0, 0.05) is 31.3 Å². The average molecular weight is 237 g/mol. The zero-order chi connectivity index (χ0) is 12.4. The third kappa shape index (κ3) is 2.49. The van der Waals surface area contributed by atoms with Crippen LogP contribution in [-0.2, 0) is 18.3 Å². The summed E-state index contributed by atoms with van der Waals surface area (Å²) in [5, 5.41) is 8.80. The zero-order valence-corrected chi connectivity index (χ0v) is 10.1. The molecule has 1 fully saturated rings. The molecule has 1 aromatic heterocycles. The lowest BCUT2D eigenvalue weighted by Gasteiger charge is -2.12. The molecular formula is C12H19N3O2. The van der Waals surface area contributed by atoms with Gasteiger partial charge in [-0.25, -0.2) is 4.98 Å². The lowest BCUT2D eigenvalue weighted by Crippen LogP contribution is -2.33. The molecule has 1 heterocycles. The SMILES string of the molecule is Cn1c(C[C@H](N)C(=O)O)cnc1C1CCCC1. The predicted molar refractivity (Wildman–Crippen MR) is 63.7 cm³/mol. The van der Waals surface area contributed by atoms with Crippen molar-refractivity contribution in [2.24, 2.45) is 12.8 Å². The van der Waals surface area contributed by atoms with Crippen LogP contribution in [0.15, 0.2) is 6.20 Å². The van der Waals surface area contributed by atoms with Crippen LogP contribution in [0, 0.1) is 0 Å². The first-order valence-corrected chi connectivity index (χ1v) is 6.08. The number of rotatable bonds is 4. The van der Waals surface area contributed by atoms with E-state index in [4.69, 9.17) is 10.8 Å². The number of hydrogen-bond acceptors (Lipinski definition) is 3. The van der Waals surface area contributed by atoms with E-state index < -0.39 is 12.0 Å². The first-order chi connectivity index (χ1) is 8.09. The Morgan fingerprint density at radius 3 is 2.88 bits per heavy atom. The molecule has 0 spiro atoms. The molecular weight excluding hydrogens is 218 g/mol. The van der Waals surface area contributed by atoms with Crippen LogP contribution in [0.25, 0.3) is 0 Å². The van der Waals surface area contributed by atoms with Crippen LogP contribution in [0.5, 0.6) is 0 Å². The second-order valence-electron chi connectivity index (χ2n) is 4.80. The highest BCUT2D eigenvalue weighted by Gasteiger charge is 2.23. The van der Waals surface area contributed by atoms with Crippen molar-refractivity contribution in [3.8, 4) is 0 Å². The average Bonchev–Trinajstić information content (AvgIpc) is 2.89. The summed E-state index contributed by atoms with van der Waals surface area (Å²) in [4.78, 5) is 15.1. The van der Waals surface area contributed by atoms with Crippen LogP contribution in [0.3, 0.4) is 0 Å². The van der Waals surface area contributed by atoms with Gasteiger partial charge >= 0.3 is 5.97 Å². The first-order valence-electron chi connectivity index (χ1n) is 6.08. The molecule has 0 amide bonds. The molecule has 0 unspecified atom stereocenters. The number of aromatic nitrogens is 2. The van der Waals surface area contributed by atoms with E-state index in [2.05, 4.69) is 4.98 Å². The summed E-state index contributed by atoms with van der Waals surface area (Å²) >= 11 is 0. The van der Waals surface area contributed by atoms with Gasteiger partial charge in [-0.1, -0.05) is 12.8 Å². The fourth-order valence-electron chi connectivity index (χ4n) is 2.53. The normalized spacial score (nSPS) is 18.5. The summed E-state index contributed by atoms with van der Waals surface area (Å²) in [5.41, 5.74) is 6.44. The van der Waals surface area contributed by atoms with Crippen LogP contribution in [0.4, 0.5) is 0 Å². The summed E-state index contributed by atoms with van der Waals surface area (Å²) in [6.07, 6.45) is 7.01. The molecule has 17 heavy (non-hydrogen) atoms. The number of imidazole rings is 1. The minimum Gasteiger partial charge on any atom is -0.480 e. The van der Waals surface area contributed by atoms with Crippen LogP contribution in [0.1, 0.15) is 43.1 Å². The largest absolute Gasteiger partial charge is 0.480 e. The van der Waals surface area contributed by atoms with Gasteiger partial charge in [0.1, 0.15) is 11.9 Å². The smallest absolute Gasteiger partial charge is 0.320 e. The number of carboxylic acid groups (broad SMARTS) is 1. The van der Waals surface area contributed by atoms with Crippen molar-refractivity contribution in [1.82, 2.24) is 9.55 Å². The van der Waals surface area contributed by atoms with E-state index in [9.17, 15) is 4.79 Å². The molecule has 2 rings (SSSR count). The van der Waals surface area contributed by atoms with E-state index in [-0.39, 0.29) is 0 Å². The second-order valence-corrected chi connectivity index (χ2v) is 4.80. The van der Waals surface area contributed by atoms with Gasteiger partial charge in [0.2, 0.25) is 0 Å².